The van der Waals surface area contributed by atoms with Crippen LogP contribution in [0.5, 0.6) is 0 Å². The second-order valence-electron chi connectivity index (χ2n) is 5.34. The molecule has 0 spiro atoms. The Hall–Kier alpha value is -2.73. The van der Waals surface area contributed by atoms with Crippen LogP contribution in [0.3, 0.4) is 0 Å². The van der Waals surface area contributed by atoms with E-state index in [0.717, 1.165) is 16.8 Å². The molecular weight excluding hydrogens is 314 g/mol. The lowest BCUT2D eigenvalue weighted by Gasteiger charge is -2.16. The zero-order valence-electron chi connectivity index (χ0n) is 12.1. The molecule has 0 bridgehead atoms. The Morgan fingerprint density at radius 3 is 2.91 bits per heavy atom. The molecule has 0 N–H and O–H groups in total. The van der Waals surface area contributed by atoms with Crippen LogP contribution in [0.2, 0.25) is 5.02 Å². The van der Waals surface area contributed by atoms with Crippen molar-refractivity contribution in [2.75, 3.05) is 4.90 Å². The lowest BCUT2D eigenvalue weighted by atomic mass is 10.1. The molecule has 0 fully saturated rings. The molecule has 0 atom stereocenters. The average molecular weight is 326 g/mol. The van der Waals surface area contributed by atoms with Crippen molar-refractivity contribution in [3.63, 3.8) is 0 Å². The fourth-order valence-electron chi connectivity index (χ4n) is 2.71. The van der Waals surface area contributed by atoms with Gasteiger partial charge in [-0.2, -0.15) is 5.10 Å². The topological polar surface area (TPSA) is 63.9 Å². The fraction of sp³-hybridized carbons (Fsp3) is 0.125. The number of amides is 1. The predicted octanol–water partition coefficient (Wildman–Crippen LogP) is 2.54. The highest BCUT2D eigenvalue weighted by Gasteiger charge is 2.28. The van der Waals surface area contributed by atoms with Crippen LogP contribution in [0.1, 0.15) is 21.5 Å². The summed E-state index contributed by atoms with van der Waals surface area (Å²) in [4.78, 5) is 22.4. The fourth-order valence-corrected chi connectivity index (χ4v) is 2.90. The molecule has 7 heteroatoms. The number of nitrogens with zero attached hydrogens (tertiary/aromatic N) is 5. The van der Waals surface area contributed by atoms with Gasteiger partial charge in [-0.05, 0) is 35.4 Å². The monoisotopic (exact) mass is 325 g/mol. The molecule has 1 amide bonds. The Bertz CT molecular complexity index is 878. The van der Waals surface area contributed by atoms with Crippen molar-refractivity contribution in [1.82, 2.24) is 19.7 Å². The van der Waals surface area contributed by atoms with Crippen molar-refractivity contribution in [3.05, 3.63) is 71.0 Å². The molecule has 0 radical (unpaired) electrons. The van der Waals surface area contributed by atoms with E-state index < -0.39 is 0 Å². The Balaban J connectivity index is 1.63. The van der Waals surface area contributed by atoms with Crippen molar-refractivity contribution >= 4 is 23.2 Å². The molecule has 1 aliphatic rings. The number of hydrogen-bond acceptors (Lipinski definition) is 4. The van der Waals surface area contributed by atoms with Gasteiger partial charge in [0, 0.05) is 16.8 Å². The average Bonchev–Trinajstić information content (AvgIpc) is 3.16. The van der Waals surface area contributed by atoms with Crippen LogP contribution < -0.4 is 4.90 Å². The van der Waals surface area contributed by atoms with Crippen molar-refractivity contribution in [3.8, 4) is 0 Å². The van der Waals surface area contributed by atoms with E-state index in [1.165, 1.54) is 6.33 Å². The zero-order valence-corrected chi connectivity index (χ0v) is 12.8. The van der Waals surface area contributed by atoms with Gasteiger partial charge in [-0.15, -0.1) is 0 Å². The molecule has 0 unspecified atom stereocenters. The molecule has 1 aliphatic heterocycles. The van der Waals surface area contributed by atoms with Crippen LogP contribution >= 0.6 is 11.6 Å². The van der Waals surface area contributed by atoms with E-state index in [4.69, 9.17) is 11.6 Å². The summed E-state index contributed by atoms with van der Waals surface area (Å²) in [5.41, 5.74) is 3.34. The molecule has 114 valence electrons. The molecule has 4 rings (SSSR count). The van der Waals surface area contributed by atoms with Crippen molar-refractivity contribution in [2.45, 2.75) is 13.1 Å². The SMILES string of the molecule is O=C1c2ccc(Cl)cc2CN1c1cncc(Cn2cncn2)c1. The van der Waals surface area contributed by atoms with Gasteiger partial charge in [-0.25, -0.2) is 9.67 Å². The Kier molecular flexibility index (Phi) is 3.31. The van der Waals surface area contributed by atoms with E-state index in [1.807, 2.05) is 12.1 Å². The molecule has 3 aromatic rings. The van der Waals surface area contributed by atoms with E-state index in [1.54, 1.807) is 40.4 Å². The summed E-state index contributed by atoms with van der Waals surface area (Å²) in [5, 5.41) is 4.71. The standard InChI is InChI=1S/C16H12ClN5O/c17-13-1-2-15-12(4-13)8-22(16(15)23)14-3-11(5-18-6-14)7-21-10-19-9-20-21/h1-6,9-10H,7-8H2. The summed E-state index contributed by atoms with van der Waals surface area (Å²) in [6.07, 6.45) is 6.58. The molecule has 0 aliphatic carbocycles. The van der Waals surface area contributed by atoms with E-state index in [2.05, 4.69) is 15.1 Å². The van der Waals surface area contributed by atoms with Gasteiger partial charge in [0.25, 0.3) is 5.91 Å². The highest BCUT2D eigenvalue weighted by Crippen LogP contribution is 2.30. The van der Waals surface area contributed by atoms with E-state index in [9.17, 15) is 4.79 Å². The van der Waals surface area contributed by atoms with Gasteiger partial charge in [0.2, 0.25) is 0 Å². The van der Waals surface area contributed by atoms with Gasteiger partial charge in [0.05, 0.1) is 25.0 Å². The number of benzene rings is 1. The number of aromatic nitrogens is 4. The van der Waals surface area contributed by atoms with E-state index >= 15 is 0 Å². The van der Waals surface area contributed by atoms with Gasteiger partial charge < -0.3 is 4.90 Å². The molecule has 0 saturated heterocycles. The molecular formula is C16H12ClN5O. The second kappa shape index (κ2) is 5.48. The first-order valence-electron chi connectivity index (χ1n) is 7.07. The lowest BCUT2D eigenvalue weighted by Crippen LogP contribution is -2.23. The number of carbonyl (C=O) groups is 1. The van der Waals surface area contributed by atoms with Crippen molar-refractivity contribution in [1.29, 1.82) is 0 Å². The van der Waals surface area contributed by atoms with Gasteiger partial charge >= 0.3 is 0 Å². The quantitative estimate of drug-likeness (QED) is 0.742. The summed E-state index contributed by atoms with van der Waals surface area (Å²) in [5.74, 6) is -0.0311. The van der Waals surface area contributed by atoms with Crippen LogP contribution in [0.4, 0.5) is 5.69 Å². The minimum absolute atomic E-state index is 0.0311. The smallest absolute Gasteiger partial charge is 0.258 e. The number of hydrogen-bond donors (Lipinski definition) is 0. The Morgan fingerprint density at radius 1 is 1.17 bits per heavy atom. The van der Waals surface area contributed by atoms with Crippen LogP contribution in [0.15, 0.2) is 49.3 Å². The summed E-state index contributed by atoms with van der Waals surface area (Å²) in [7, 11) is 0. The van der Waals surface area contributed by atoms with Crippen LogP contribution in [-0.4, -0.2) is 25.7 Å². The lowest BCUT2D eigenvalue weighted by molar-refractivity contribution is 0.0996. The van der Waals surface area contributed by atoms with Crippen molar-refractivity contribution < 1.29 is 4.79 Å². The highest BCUT2D eigenvalue weighted by molar-refractivity contribution is 6.31. The minimum atomic E-state index is -0.0311. The largest absolute Gasteiger partial charge is 0.302 e. The van der Waals surface area contributed by atoms with E-state index in [-0.39, 0.29) is 5.91 Å². The maximum atomic E-state index is 12.6. The van der Waals surface area contributed by atoms with Crippen LogP contribution in [-0.2, 0) is 13.1 Å². The molecule has 1 aromatic carbocycles. The summed E-state index contributed by atoms with van der Waals surface area (Å²) in [6.45, 7) is 1.06. The van der Waals surface area contributed by atoms with E-state index in [0.29, 0.717) is 23.7 Å². The van der Waals surface area contributed by atoms with Gasteiger partial charge in [-0.1, -0.05) is 11.6 Å². The zero-order chi connectivity index (χ0) is 15.8. The summed E-state index contributed by atoms with van der Waals surface area (Å²) in [6, 6.07) is 7.29. The van der Waals surface area contributed by atoms with Gasteiger partial charge in [0.1, 0.15) is 12.7 Å². The molecule has 6 nitrogen and oxygen atoms in total. The normalized spacial score (nSPS) is 13.4. The summed E-state index contributed by atoms with van der Waals surface area (Å²) < 4.78 is 1.71. The second-order valence-corrected chi connectivity index (χ2v) is 5.77. The maximum absolute atomic E-state index is 12.6. The highest BCUT2D eigenvalue weighted by atomic mass is 35.5. The summed E-state index contributed by atoms with van der Waals surface area (Å²) >= 11 is 6.01. The molecule has 0 saturated carbocycles. The first-order chi connectivity index (χ1) is 11.2. The number of pyridine rings is 1. The van der Waals surface area contributed by atoms with Crippen LogP contribution in [0, 0.1) is 0 Å². The minimum Gasteiger partial charge on any atom is -0.302 e. The van der Waals surface area contributed by atoms with Crippen molar-refractivity contribution in [2.24, 2.45) is 0 Å². The number of anilines is 1. The number of fused-ring (bicyclic) bond motifs is 1. The number of halogens is 1. The predicted molar refractivity (Wildman–Crippen MR) is 85.3 cm³/mol. The third kappa shape index (κ3) is 2.57. The van der Waals surface area contributed by atoms with Gasteiger partial charge in [0.15, 0.2) is 0 Å². The third-order valence-electron chi connectivity index (χ3n) is 3.77. The first-order valence-corrected chi connectivity index (χ1v) is 7.45. The van der Waals surface area contributed by atoms with Gasteiger partial charge in [-0.3, -0.25) is 9.78 Å². The Labute approximate surface area is 137 Å². The Morgan fingerprint density at radius 2 is 2.09 bits per heavy atom. The number of carbonyl (C=O) groups excluding carboxylic acids is 1. The first kappa shape index (κ1) is 13.9. The third-order valence-corrected chi connectivity index (χ3v) is 4.01. The maximum Gasteiger partial charge on any atom is 0.258 e. The molecule has 23 heavy (non-hydrogen) atoms. The van der Waals surface area contributed by atoms with Crippen LogP contribution in [0.25, 0.3) is 0 Å². The molecule has 3 heterocycles. The number of rotatable bonds is 3. The molecule has 2 aromatic heterocycles.